The highest BCUT2D eigenvalue weighted by molar-refractivity contribution is 5.70. The van der Waals surface area contributed by atoms with Crippen molar-refractivity contribution in [1.29, 1.82) is 0 Å². The maximum Gasteiger partial charge on any atom is 0.304 e. The van der Waals surface area contributed by atoms with Crippen LogP contribution in [0.3, 0.4) is 0 Å². The average molecular weight is 329 g/mol. The molecule has 1 saturated heterocycles. The summed E-state index contributed by atoms with van der Waals surface area (Å²) >= 11 is 0. The maximum absolute atomic E-state index is 11.7. The summed E-state index contributed by atoms with van der Waals surface area (Å²) in [4.78, 5) is 14.3. The third-order valence-corrected chi connectivity index (χ3v) is 6.70. The van der Waals surface area contributed by atoms with Gasteiger partial charge >= 0.3 is 5.97 Å². The van der Waals surface area contributed by atoms with E-state index in [4.69, 9.17) is 4.74 Å². The first-order valence-electron chi connectivity index (χ1n) is 9.17. The molecule has 2 aliphatic carbocycles. The van der Waals surface area contributed by atoms with Gasteiger partial charge in [-0.25, -0.2) is 0 Å². The van der Waals surface area contributed by atoms with Crippen molar-refractivity contribution in [3.8, 4) is 5.75 Å². The van der Waals surface area contributed by atoms with Crippen LogP contribution in [0.25, 0.3) is 0 Å². The van der Waals surface area contributed by atoms with Crippen LogP contribution < -0.4 is 4.74 Å². The van der Waals surface area contributed by atoms with Crippen molar-refractivity contribution in [2.45, 2.75) is 50.5 Å². The topological polar surface area (TPSA) is 49.8 Å². The smallest absolute Gasteiger partial charge is 0.304 e. The van der Waals surface area contributed by atoms with Crippen molar-refractivity contribution in [1.82, 2.24) is 4.90 Å². The van der Waals surface area contributed by atoms with Gasteiger partial charge in [0.05, 0.1) is 13.5 Å². The standard InChI is InChI=1S/C20H27NO3/c1-13-18-9-15-5-6-16(24-2)10-17(15)20(13,11-19(22)23)7-8-21(18)12-14-3-4-14/h5-6,10,13-14,18H,3-4,7-9,11-12H2,1-2H3,(H,22,23)/t13-,18+,20-/m1/s1. The Kier molecular flexibility index (Phi) is 3.83. The second-order valence-electron chi connectivity index (χ2n) is 8.00. The minimum atomic E-state index is -0.688. The van der Waals surface area contributed by atoms with Gasteiger partial charge in [-0.3, -0.25) is 9.69 Å². The Morgan fingerprint density at radius 2 is 2.21 bits per heavy atom. The van der Waals surface area contributed by atoms with Crippen LogP contribution in [0, 0.1) is 11.8 Å². The molecule has 0 spiro atoms. The molecule has 3 aliphatic rings. The summed E-state index contributed by atoms with van der Waals surface area (Å²) in [5, 5.41) is 9.62. The molecule has 4 nitrogen and oxygen atoms in total. The van der Waals surface area contributed by atoms with E-state index in [0.717, 1.165) is 31.1 Å². The van der Waals surface area contributed by atoms with E-state index in [1.54, 1.807) is 7.11 Å². The largest absolute Gasteiger partial charge is 0.497 e. The number of hydrogen-bond acceptors (Lipinski definition) is 3. The number of ether oxygens (including phenoxy) is 1. The lowest BCUT2D eigenvalue weighted by atomic mass is 9.56. The molecule has 4 rings (SSSR count). The number of nitrogens with zero attached hydrogens (tertiary/aromatic N) is 1. The molecular weight excluding hydrogens is 302 g/mol. The molecular formula is C20H27NO3. The summed E-state index contributed by atoms with van der Waals surface area (Å²) in [6.45, 7) is 4.49. The van der Waals surface area contributed by atoms with Crippen LogP contribution in [0.5, 0.6) is 5.75 Å². The van der Waals surface area contributed by atoms with Gasteiger partial charge in [0, 0.05) is 18.0 Å². The second kappa shape index (κ2) is 5.76. The molecule has 0 unspecified atom stereocenters. The van der Waals surface area contributed by atoms with Crippen LogP contribution in [0.15, 0.2) is 18.2 Å². The summed E-state index contributed by atoms with van der Waals surface area (Å²) in [6, 6.07) is 6.75. The molecule has 1 saturated carbocycles. The number of fused-ring (bicyclic) bond motifs is 4. The van der Waals surface area contributed by atoms with Crippen LogP contribution in [-0.2, 0) is 16.6 Å². The van der Waals surface area contributed by atoms with Crippen LogP contribution in [0.1, 0.15) is 43.7 Å². The molecule has 3 atom stereocenters. The van der Waals surface area contributed by atoms with Gasteiger partial charge in [-0.1, -0.05) is 13.0 Å². The summed E-state index contributed by atoms with van der Waals surface area (Å²) in [5.74, 6) is 1.39. The van der Waals surface area contributed by atoms with Gasteiger partial charge in [0.15, 0.2) is 0 Å². The molecule has 4 heteroatoms. The number of methoxy groups -OCH3 is 1. The van der Waals surface area contributed by atoms with Gasteiger partial charge in [-0.05, 0) is 67.3 Å². The summed E-state index contributed by atoms with van der Waals surface area (Å²) < 4.78 is 5.43. The number of piperidine rings is 1. The number of aliphatic carboxylic acids is 1. The molecule has 1 aliphatic heterocycles. The number of benzene rings is 1. The lowest BCUT2D eigenvalue weighted by Crippen LogP contribution is -2.59. The van der Waals surface area contributed by atoms with Gasteiger partial charge in [0.2, 0.25) is 0 Å². The molecule has 1 N–H and O–H groups in total. The van der Waals surface area contributed by atoms with Crippen LogP contribution in [0.4, 0.5) is 0 Å². The first-order chi connectivity index (χ1) is 11.5. The summed E-state index contributed by atoms with van der Waals surface area (Å²) in [6.07, 6.45) is 4.93. The molecule has 1 heterocycles. The Hall–Kier alpha value is -1.55. The molecule has 24 heavy (non-hydrogen) atoms. The van der Waals surface area contributed by atoms with E-state index in [-0.39, 0.29) is 11.8 Å². The van der Waals surface area contributed by atoms with Crippen molar-refractivity contribution >= 4 is 5.97 Å². The molecule has 2 bridgehead atoms. The van der Waals surface area contributed by atoms with Crippen LogP contribution in [0.2, 0.25) is 0 Å². The molecule has 130 valence electrons. The monoisotopic (exact) mass is 329 g/mol. The highest BCUT2D eigenvalue weighted by atomic mass is 16.5. The number of carbonyl (C=O) groups is 1. The fraction of sp³-hybridized carbons (Fsp3) is 0.650. The lowest BCUT2D eigenvalue weighted by molar-refractivity contribution is -0.140. The summed E-state index contributed by atoms with van der Waals surface area (Å²) in [5.41, 5.74) is 2.29. The zero-order chi connectivity index (χ0) is 16.9. The minimum Gasteiger partial charge on any atom is -0.497 e. The highest BCUT2D eigenvalue weighted by Gasteiger charge is 2.52. The highest BCUT2D eigenvalue weighted by Crippen LogP contribution is 2.52. The van der Waals surface area contributed by atoms with E-state index in [2.05, 4.69) is 24.0 Å². The number of likely N-dealkylation sites (tertiary alicyclic amines) is 1. The predicted molar refractivity (Wildman–Crippen MR) is 92.5 cm³/mol. The zero-order valence-electron chi connectivity index (χ0n) is 14.6. The Morgan fingerprint density at radius 3 is 2.88 bits per heavy atom. The second-order valence-corrected chi connectivity index (χ2v) is 8.00. The SMILES string of the molecule is COc1ccc2c(c1)[C@@]1(CC(=O)O)CCN(CC3CC3)[C@@H](C2)[C@H]1C. The van der Waals surface area contributed by atoms with E-state index < -0.39 is 5.97 Å². The Morgan fingerprint density at radius 1 is 1.42 bits per heavy atom. The molecule has 0 radical (unpaired) electrons. The average Bonchev–Trinajstić information content (AvgIpc) is 3.36. The lowest BCUT2D eigenvalue weighted by Gasteiger charge is -2.55. The normalized spacial score (nSPS) is 32.2. The van der Waals surface area contributed by atoms with Crippen molar-refractivity contribution in [2.24, 2.45) is 11.8 Å². The Balaban J connectivity index is 1.75. The number of carboxylic acid groups (broad SMARTS) is 1. The predicted octanol–water partition coefficient (Wildman–Crippen LogP) is 3.08. The fourth-order valence-electron chi connectivity index (χ4n) is 5.13. The van der Waals surface area contributed by atoms with E-state index in [1.165, 1.54) is 30.5 Å². The number of carboxylic acids is 1. The molecule has 0 amide bonds. The van der Waals surface area contributed by atoms with Crippen LogP contribution >= 0.6 is 0 Å². The van der Waals surface area contributed by atoms with Crippen LogP contribution in [-0.4, -0.2) is 42.2 Å². The first kappa shape index (κ1) is 15.9. The maximum atomic E-state index is 11.7. The van der Waals surface area contributed by atoms with Crippen molar-refractivity contribution < 1.29 is 14.6 Å². The number of hydrogen-bond donors (Lipinski definition) is 1. The van der Waals surface area contributed by atoms with E-state index >= 15 is 0 Å². The number of rotatable bonds is 5. The summed E-state index contributed by atoms with van der Waals surface area (Å²) in [7, 11) is 1.68. The first-order valence-corrected chi connectivity index (χ1v) is 9.17. The molecule has 0 aromatic heterocycles. The van der Waals surface area contributed by atoms with Gasteiger partial charge in [0.1, 0.15) is 5.75 Å². The van der Waals surface area contributed by atoms with Gasteiger partial charge in [0.25, 0.3) is 0 Å². The van der Waals surface area contributed by atoms with Gasteiger partial charge in [-0.2, -0.15) is 0 Å². The quantitative estimate of drug-likeness (QED) is 0.902. The third kappa shape index (κ3) is 2.52. The fourth-order valence-corrected chi connectivity index (χ4v) is 5.13. The molecule has 2 fully saturated rings. The zero-order valence-corrected chi connectivity index (χ0v) is 14.6. The van der Waals surface area contributed by atoms with E-state index in [0.29, 0.717) is 12.0 Å². The van der Waals surface area contributed by atoms with Crippen molar-refractivity contribution in [3.63, 3.8) is 0 Å². The molecule has 1 aromatic carbocycles. The van der Waals surface area contributed by atoms with Crippen molar-refractivity contribution in [2.75, 3.05) is 20.2 Å². The van der Waals surface area contributed by atoms with Crippen molar-refractivity contribution in [3.05, 3.63) is 29.3 Å². The minimum absolute atomic E-state index is 0.224. The van der Waals surface area contributed by atoms with Gasteiger partial charge < -0.3 is 9.84 Å². The third-order valence-electron chi connectivity index (χ3n) is 6.70. The van der Waals surface area contributed by atoms with Gasteiger partial charge in [-0.15, -0.1) is 0 Å². The molecule has 1 aromatic rings. The Labute approximate surface area is 143 Å². The van der Waals surface area contributed by atoms with E-state index in [9.17, 15) is 9.90 Å². The van der Waals surface area contributed by atoms with E-state index in [1.807, 2.05) is 6.07 Å². The Bertz CT molecular complexity index is 654.